The Bertz CT molecular complexity index is 677. The molecule has 1 aliphatic rings. The highest BCUT2D eigenvalue weighted by atomic mass is 16.1. The van der Waals surface area contributed by atoms with Gasteiger partial charge < -0.3 is 15.0 Å². The lowest BCUT2D eigenvalue weighted by molar-refractivity contribution is -0.108. The van der Waals surface area contributed by atoms with Crippen molar-refractivity contribution in [3.05, 3.63) is 66.4 Å². The molecule has 1 aromatic carbocycles. The smallest absolute Gasteiger partial charge is 0.120 e. The van der Waals surface area contributed by atoms with Gasteiger partial charge in [-0.1, -0.05) is 43.0 Å². The summed E-state index contributed by atoms with van der Waals surface area (Å²) in [6, 6.07) is 8.54. The van der Waals surface area contributed by atoms with Crippen molar-refractivity contribution in [2.24, 2.45) is 5.41 Å². The van der Waals surface area contributed by atoms with Crippen LogP contribution in [0.25, 0.3) is 5.57 Å². The predicted molar refractivity (Wildman–Crippen MR) is 111 cm³/mol. The second-order valence-corrected chi connectivity index (χ2v) is 7.33. The standard InChI is InChI=1S/C23H32N2O/c1-5-13-23(14-8-17-26,15-16-24-3)18-25(4)19(2)21-12-11-20-9-6-7-10-22(20)21/h5-7,9-10,12,17,24H,1-2,8,11,13-16,18H2,3-4H3. The van der Waals surface area contributed by atoms with Crippen LogP contribution in [-0.2, 0) is 11.2 Å². The Morgan fingerprint density at radius 1 is 1.35 bits per heavy atom. The molecule has 0 spiro atoms. The van der Waals surface area contributed by atoms with Gasteiger partial charge in [-0.05, 0) is 55.8 Å². The van der Waals surface area contributed by atoms with Crippen LogP contribution in [0.15, 0.2) is 55.3 Å². The predicted octanol–water partition coefficient (Wildman–Crippen LogP) is 4.22. The minimum Gasteiger partial charge on any atom is -0.374 e. The van der Waals surface area contributed by atoms with E-state index in [0.29, 0.717) is 6.42 Å². The van der Waals surface area contributed by atoms with Crippen LogP contribution in [0.5, 0.6) is 0 Å². The van der Waals surface area contributed by atoms with Crippen LogP contribution in [0, 0.1) is 5.41 Å². The van der Waals surface area contributed by atoms with E-state index in [1.165, 1.54) is 16.7 Å². The van der Waals surface area contributed by atoms with E-state index in [1.54, 1.807) is 0 Å². The van der Waals surface area contributed by atoms with Gasteiger partial charge >= 0.3 is 0 Å². The number of hydrogen-bond acceptors (Lipinski definition) is 3. The average Bonchev–Trinajstić information content (AvgIpc) is 3.08. The number of likely N-dealkylation sites (N-methyl/N-ethyl adjacent to an activating group) is 1. The molecule has 1 N–H and O–H groups in total. The van der Waals surface area contributed by atoms with E-state index in [-0.39, 0.29) is 5.41 Å². The molecule has 0 aromatic heterocycles. The molecule has 1 aromatic rings. The van der Waals surface area contributed by atoms with E-state index in [4.69, 9.17) is 0 Å². The number of carbonyl (C=O) groups is 1. The molecule has 0 fully saturated rings. The zero-order chi connectivity index (χ0) is 19.0. The number of nitrogens with zero attached hydrogens (tertiary/aromatic N) is 1. The summed E-state index contributed by atoms with van der Waals surface area (Å²) >= 11 is 0. The fraction of sp³-hybridized carbons (Fsp3) is 0.435. The van der Waals surface area contributed by atoms with Crippen molar-refractivity contribution in [2.75, 3.05) is 27.2 Å². The second-order valence-electron chi connectivity index (χ2n) is 7.33. The highest BCUT2D eigenvalue weighted by Gasteiger charge is 2.31. The first-order valence-electron chi connectivity index (χ1n) is 9.45. The van der Waals surface area contributed by atoms with Crippen LogP contribution in [0.4, 0.5) is 0 Å². The highest BCUT2D eigenvalue weighted by Crippen LogP contribution is 2.37. The minimum atomic E-state index is 0.0298. The van der Waals surface area contributed by atoms with E-state index in [9.17, 15) is 4.79 Å². The lowest BCUT2D eigenvalue weighted by Crippen LogP contribution is -2.37. The van der Waals surface area contributed by atoms with E-state index in [1.807, 2.05) is 13.1 Å². The summed E-state index contributed by atoms with van der Waals surface area (Å²) in [6.07, 6.45) is 9.63. The quantitative estimate of drug-likeness (QED) is 0.451. The normalized spacial score (nSPS) is 14.9. The van der Waals surface area contributed by atoms with Gasteiger partial charge in [-0.3, -0.25) is 0 Å². The molecule has 0 bridgehead atoms. The average molecular weight is 353 g/mol. The number of hydrogen-bond donors (Lipinski definition) is 1. The molecule has 0 aliphatic heterocycles. The summed E-state index contributed by atoms with van der Waals surface area (Å²) in [6.45, 7) is 10.1. The number of carbonyl (C=O) groups excluding carboxylic acids is 1. The number of fused-ring (bicyclic) bond motifs is 1. The molecule has 1 atom stereocenters. The molecule has 0 saturated heterocycles. The number of aldehydes is 1. The molecule has 140 valence electrons. The first kappa shape index (κ1) is 20.2. The zero-order valence-corrected chi connectivity index (χ0v) is 16.3. The van der Waals surface area contributed by atoms with Crippen LogP contribution in [-0.4, -0.2) is 38.4 Å². The molecular formula is C23H32N2O. The van der Waals surface area contributed by atoms with Crippen LogP contribution in [0.1, 0.15) is 36.8 Å². The van der Waals surface area contributed by atoms with Gasteiger partial charge in [0.25, 0.3) is 0 Å². The lowest BCUT2D eigenvalue weighted by atomic mass is 9.76. The number of nitrogens with one attached hydrogen (secondary N) is 1. The van der Waals surface area contributed by atoms with E-state index < -0.39 is 0 Å². The molecule has 0 heterocycles. The molecular weight excluding hydrogens is 320 g/mol. The van der Waals surface area contributed by atoms with Gasteiger partial charge in [0.2, 0.25) is 0 Å². The Hall–Kier alpha value is -2.13. The third-order valence-corrected chi connectivity index (χ3v) is 5.45. The maximum absolute atomic E-state index is 11.0. The van der Waals surface area contributed by atoms with Crippen molar-refractivity contribution >= 4 is 11.9 Å². The summed E-state index contributed by atoms with van der Waals surface area (Å²) in [5.41, 5.74) is 4.98. The molecule has 26 heavy (non-hydrogen) atoms. The summed E-state index contributed by atoms with van der Waals surface area (Å²) < 4.78 is 0. The van der Waals surface area contributed by atoms with E-state index in [2.05, 4.69) is 60.8 Å². The third-order valence-electron chi connectivity index (χ3n) is 5.45. The largest absolute Gasteiger partial charge is 0.374 e. The summed E-state index contributed by atoms with van der Waals surface area (Å²) in [5, 5.41) is 3.25. The Morgan fingerprint density at radius 2 is 2.12 bits per heavy atom. The van der Waals surface area contributed by atoms with Crippen LogP contribution < -0.4 is 5.32 Å². The summed E-state index contributed by atoms with van der Waals surface area (Å²) in [5.74, 6) is 0. The zero-order valence-electron chi connectivity index (χ0n) is 16.3. The Kier molecular flexibility index (Phi) is 7.40. The molecule has 3 nitrogen and oxygen atoms in total. The summed E-state index contributed by atoms with van der Waals surface area (Å²) in [4.78, 5) is 13.3. The van der Waals surface area contributed by atoms with Gasteiger partial charge in [-0.15, -0.1) is 6.58 Å². The van der Waals surface area contributed by atoms with E-state index >= 15 is 0 Å². The van der Waals surface area contributed by atoms with Crippen molar-refractivity contribution in [1.82, 2.24) is 10.2 Å². The van der Waals surface area contributed by atoms with Crippen LogP contribution in [0.3, 0.4) is 0 Å². The summed E-state index contributed by atoms with van der Waals surface area (Å²) in [7, 11) is 4.09. The number of benzene rings is 1. The Morgan fingerprint density at radius 3 is 2.81 bits per heavy atom. The molecule has 0 amide bonds. The van der Waals surface area contributed by atoms with Crippen LogP contribution >= 0.6 is 0 Å². The number of allylic oxidation sites excluding steroid dienone is 3. The Balaban J connectivity index is 2.17. The van der Waals surface area contributed by atoms with Gasteiger partial charge in [0, 0.05) is 31.3 Å². The van der Waals surface area contributed by atoms with Crippen molar-refractivity contribution in [1.29, 1.82) is 0 Å². The van der Waals surface area contributed by atoms with E-state index in [0.717, 1.165) is 50.8 Å². The van der Waals surface area contributed by atoms with Gasteiger partial charge in [-0.25, -0.2) is 0 Å². The van der Waals surface area contributed by atoms with Crippen LogP contribution in [0.2, 0.25) is 0 Å². The molecule has 0 saturated carbocycles. The Labute approximate surface area is 158 Å². The van der Waals surface area contributed by atoms with Gasteiger partial charge in [0.05, 0.1) is 0 Å². The fourth-order valence-electron chi connectivity index (χ4n) is 3.97. The number of rotatable bonds is 12. The minimum absolute atomic E-state index is 0.0298. The van der Waals surface area contributed by atoms with Crippen molar-refractivity contribution in [3.63, 3.8) is 0 Å². The maximum atomic E-state index is 11.0. The third kappa shape index (κ3) is 4.73. The first-order valence-corrected chi connectivity index (χ1v) is 9.45. The second kappa shape index (κ2) is 9.54. The SMILES string of the molecule is C=CCC(CCC=O)(CCNC)CN(C)C(=C)C1=CCc2ccccc21. The maximum Gasteiger partial charge on any atom is 0.120 e. The van der Waals surface area contributed by atoms with Gasteiger partial charge in [0.15, 0.2) is 0 Å². The van der Waals surface area contributed by atoms with Gasteiger partial charge in [0.1, 0.15) is 6.29 Å². The fourth-order valence-corrected chi connectivity index (χ4v) is 3.97. The topological polar surface area (TPSA) is 32.3 Å². The monoisotopic (exact) mass is 352 g/mol. The van der Waals surface area contributed by atoms with Crippen molar-refractivity contribution in [3.8, 4) is 0 Å². The van der Waals surface area contributed by atoms with Crippen molar-refractivity contribution in [2.45, 2.75) is 32.1 Å². The molecule has 1 aliphatic carbocycles. The highest BCUT2D eigenvalue weighted by molar-refractivity contribution is 5.83. The lowest BCUT2D eigenvalue weighted by Gasteiger charge is -2.38. The molecule has 3 heteroatoms. The first-order chi connectivity index (χ1) is 12.6. The molecule has 2 rings (SSSR count). The molecule has 0 radical (unpaired) electrons. The molecule has 1 unspecified atom stereocenters. The van der Waals surface area contributed by atoms with Crippen molar-refractivity contribution < 1.29 is 4.79 Å². The van der Waals surface area contributed by atoms with Gasteiger partial charge in [-0.2, -0.15) is 0 Å².